The molecule has 100 valence electrons. The average molecular weight is 260 g/mol. The van der Waals surface area contributed by atoms with E-state index in [0.717, 1.165) is 5.56 Å². The summed E-state index contributed by atoms with van der Waals surface area (Å²) in [5.41, 5.74) is 9.74. The molecule has 0 fully saturated rings. The van der Waals surface area contributed by atoms with Crippen LogP contribution >= 0.6 is 0 Å². The number of hydroxylamine groups is 1. The fourth-order valence-electron chi connectivity index (χ4n) is 1.58. The highest BCUT2D eigenvalue weighted by Crippen LogP contribution is 2.08. The van der Waals surface area contributed by atoms with Gasteiger partial charge in [-0.1, -0.05) is 30.3 Å². The van der Waals surface area contributed by atoms with Crippen LogP contribution in [0.25, 0.3) is 0 Å². The summed E-state index contributed by atoms with van der Waals surface area (Å²) in [6.07, 6.45) is 3.25. The van der Waals surface area contributed by atoms with Gasteiger partial charge >= 0.3 is 0 Å². The second-order valence-corrected chi connectivity index (χ2v) is 4.17. The van der Waals surface area contributed by atoms with Crippen molar-refractivity contribution in [1.82, 2.24) is 15.3 Å². The Labute approximate surface area is 111 Å². The lowest BCUT2D eigenvalue weighted by atomic mass is 10.2. The lowest BCUT2D eigenvalue weighted by Gasteiger charge is -2.10. The van der Waals surface area contributed by atoms with E-state index in [0.29, 0.717) is 12.2 Å². The highest BCUT2D eigenvalue weighted by molar-refractivity contribution is 5.81. The molecule has 0 aliphatic heterocycles. The minimum Gasteiger partial charge on any atom is -0.316 e. The first kappa shape index (κ1) is 13.3. The van der Waals surface area contributed by atoms with E-state index < -0.39 is 11.9 Å². The number of nitrogens with two attached hydrogens (primary N) is 1. The van der Waals surface area contributed by atoms with E-state index in [1.807, 2.05) is 30.3 Å². The highest BCUT2D eigenvalue weighted by Gasteiger charge is 2.17. The summed E-state index contributed by atoms with van der Waals surface area (Å²) >= 11 is 0. The monoisotopic (exact) mass is 260 g/mol. The highest BCUT2D eigenvalue weighted by atomic mass is 16.6. The molecule has 0 saturated carbocycles. The van der Waals surface area contributed by atoms with E-state index in [9.17, 15) is 4.79 Å². The van der Waals surface area contributed by atoms with Crippen molar-refractivity contribution in [2.24, 2.45) is 12.8 Å². The van der Waals surface area contributed by atoms with Gasteiger partial charge in [0.15, 0.2) is 0 Å². The molecule has 1 unspecified atom stereocenters. The Hall–Kier alpha value is -2.18. The maximum absolute atomic E-state index is 11.7. The molecule has 0 spiro atoms. The quantitative estimate of drug-likeness (QED) is 0.774. The molecule has 6 heteroatoms. The number of hydrogen-bond acceptors (Lipinski definition) is 4. The predicted molar refractivity (Wildman–Crippen MR) is 69.5 cm³/mol. The number of aryl methyl sites for hydroxylation is 1. The molecule has 1 amide bonds. The van der Waals surface area contributed by atoms with Gasteiger partial charge in [0.1, 0.15) is 6.04 Å². The standard InChI is InChI=1S/C13H16N4O2/c1-17-8-11(7-15-17)12(14)13(18)16-19-9-10-5-3-2-4-6-10/h2-8,12H,9,14H2,1H3,(H,16,18). The molecule has 1 aromatic carbocycles. The minimum atomic E-state index is -0.788. The fraction of sp³-hybridized carbons (Fsp3) is 0.231. The summed E-state index contributed by atoms with van der Waals surface area (Å²) < 4.78 is 1.59. The number of nitrogens with one attached hydrogen (secondary N) is 1. The van der Waals surface area contributed by atoms with Crippen LogP contribution in [0.3, 0.4) is 0 Å². The zero-order chi connectivity index (χ0) is 13.7. The Bertz CT molecular complexity index is 539. The number of aromatic nitrogens is 2. The van der Waals surface area contributed by atoms with Crippen molar-refractivity contribution in [1.29, 1.82) is 0 Å². The van der Waals surface area contributed by atoms with Crippen LogP contribution < -0.4 is 11.2 Å². The Balaban J connectivity index is 1.81. The molecule has 0 saturated heterocycles. The number of carbonyl (C=O) groups is 1. The molecule has 0 aliphatic rings. The molecule has 0 radical (unpaired) electrons. The van der Waals surface area contributed by atoms with Crippen molar-refractivity contribution in [3.05, 3.63) is 53.9 Å². The van der Waals surface area contributed by atoms with E-state index in [4.69, 9.17) is 10.6 Å². The van der Waals surface area contributed by atoms with E-state index in [1.54, 1.807) is 24.1 Å². The van der Waals surface area contributed by atoms with E-state index in [2.05, 4.69) is 10.6 Å². The first-order chi connectivity index (χ1) is 9.16. The third-order valence-corrected chi connectivity index (χ3v) is 2.62. The zero-order valence-electron chi connectivity index (χ0n) is 10.6. The summed E-state index contributed by atoms with van der Waals surface area (Å²) in [5.74, 6) is -0.399. The number of nitrogens with zero attached hydrogens (tertiary/aromatic N) is 2. The third-order valence-electron chi connectivity index (χ3n) is 2.62. The van der Waals surface area contributed by atoms with Crippen molar-refractivity contribution in [2.45, 2.75) is 12.6 Å². The topological polar surface area (TPSA) is 82.2 Å². The van der Waals surface area contributed by atoms with Gasteiger partial charge in [0.2, 0.25) is 0 Å². The molecular formula is C13H16N4O2. The maximum atomic E-state index is 11.7. The zero-order valence-corrected chi connectivity index (χ0v) is 10.6. The third kappa shape index (κ3) is 3.64. The minimum absolute atomic E-state index is 0.298. The van der Waals surface area contributed by atoms with E-state index in [1.165, 1.54) is 0 Å². The predicted octanol–water partition coefficient (Wildman–Crippen LogP) is 0.668. The first-order valence-corrected chi connectivity index (χ1v) is 5.86. The fourth-order valence-corrected chi connectivity index (χ4v) is 1.58. The van der Waals surface area contributed by atoms with Crippen LogP contribution in [-0.2, 0) is 23.3 Å². The first-order valence-electron chi connectivity index (χ1n) is 5.86. The van der Waals surface area contributed by atoms with Crippen LogP contribution in [0.4, 0.5) is 0 Å². The molecule has 1 heterocycles. The normalized spacial score (nSPS) is 12.1. The molecule has 0 bridgehead atoms. The number of amides is 1. The molecule has 2 aromatic rings. The second kappa shape index (κ2) is 6.12. The van der Waals surface area contributed by atoms with Gasteiger partial charge in [0.05, 0.1) is 12.8 Å². The largest absolute Gasteiger partial charge is 0.316 e. The SMILES string of the molecule is Cn1cc(C(N)C(=O)NOCc2ccccc2)cn1. The van der Waals surface area contributed by atoms with Gasteiger partial charge in [-0.15, -0.1) is 0 Å². The summed E-state index contributed by atoms with van der Waals surface area (Å²) in [6.45, 7) is 0.298. The summed E-state index contributed by atoms with van der Waals surface area (Å²) in [6, 6.07) is 8.76. The van der Waals surface area contributed by atoms with Crippen molar-refractivity contribution in [3.8, 4) is 0 Å². The van der Waals surface area contributed by atoms with Gasteiger partial charge in [-0.2, -0.15) is 5.10 Å². The van der Waals surface area contributed by atoms with Crippen LogP contribution in [0.15, 0.2) is 42.7 Å². The van der Waals surface area contributed by atoms with Gasteiger partial charge in [0.25, 0.3) is 5.91 Å². The molecule has 6 nitrogen and oxygen atoms in total. The Kier molecular flexibility index (Phi) is 4.27. The molecule has 3 N–H and O–H groups in total. The van der Waals surface area contributed by atoms with Crippen LogP contribution in [0.1, 0.15) is 17.2 Å². The summed E-state index contributed by atoms with van der Waals surface area (Å²) in [4.78, 5) is 16.9. The van der Waals surface area contributed by atoms with Crippen LogP contribution in [-0.4, -0.2) is 15.7 Å². The molecule has 19 heavy (non-hydrogen) atoms. The van der Waals surface area contributed by atoms with Crippen molar-refractivity contribution < 1.29 is 9.63 Å². The van der Waals surface area contributed by atoms with E-state index in [-0.39, 0.29) is 0 Å². The number of benzene rings is 1. The van der Waals surface area contributed by atoms with E-state index >= 15 is 0 Å². The lowest BCUT2D eigenvalue weighted by Crippen LogP contribution is -2.33. The smallest absolute Gasteiger partial charge is 0.265 e. The lowest BCUT2D eigenvalue weighted by molar-refractivity contribution is -0.136. The number of hydrogen-bond donors (Lipinski definition) is 2. The average Bonchev–Trinajstić information content (AvgIpc) is 2.85. The van der Waals surface area contributed by atoms with Crippen molar-refractivity contribution in [2.75, 3.05) is 0 Å². The Morgan fingerprint density at radius 2 is 2.21 bits per heavy atom. The summed E-state index contributed by atoms with van der Waals surface area (Å²) in [7, 11) is 1.76. The van der Waals surface area contributed by atoms with Crippen molar-refractivity contribution in [3.63, 3.8) is 0 Å². The maximum Gasteiger partial charge on any atom is 0.265 e. The molecule has 2 rings (SSSR count). The Morgan fingerprint density at radius 1 is 1.47 bits per heavy atom. The molecule has 1 atom stereocenters. The van der Waals surface area contributed by atoms with Crippen LogP contribution in [0.2, 0.25) is 0 Å². The van der Waals surface area contributed by atoms with Gasteiger partial charge < -0.3 is 5.73 Å². The molecule has 0 aliphatic carbocycles. The molecular weight excluding hydrogens is 244 g/mol. The van der Waals surface area contributed by atoms with Gasteiger partial charge in [-0.25, -0.2) is 5.48 Å². The van der Waals surface area contributed by atoms with Gasteiger partial charge in [0, 0.05) is 18.8 Å². The summed E-state index contributed by atoms with van der Waals surface area (Å²) in [5, 5.41) is 3.96. The van der Waals surface area contributed by atoms with Gasteiger partial charge in [-0.3, -0.25) is 14.3 Å². The number of rotatable bonds is 5. The molecule has 1 aromatic heterocycles. The van der Waals surface area contributed by atoms with Crippen LogP contribution in [0.5, 0.6) is 0 Å². The number of carbonyl (C=O) groups excluding carboxylic acids is 1. The van der Waals surface area contributed by atoms with Crippen molar-refractivity contribution >= 4 is 5.91 Å². The Morgan fingerprint density at radius 3 is 2.84 bits per heavy atom. The second-order valence-electron chi connectivity index (χ2n) is 4.17. The van der Waals surface area contributed by atoms with Gasteiger partial charge in [-0.05, 0) is 5.56 Å². The van der Waals surface area contributed by atoms with Crippen LogP contribution in [0, 0.1) is 0 Å².